The molecule has 0 aliphatic rings. The van der Waals surface area contributed by atoms with Gasteiger partial charge in [-0.15, -0.1) is 11.6 Å². The number of benzene rings is 1. The monoisotopic (exact) mass is 272 g/mol. The third-order valence-electron chi connectivity index (χ3n) is 2.53. The molecule has 0 radical (unpaired) electrons. The Labute approximate surface area is 109 Å². The third-order valence-corrected chi connectivity index (χ3v) is 2.83. The number of ketones is 1. The summed E-state index contributed by atoms with van der Waals surface area (Å²) in [6, 6.07) is 4.52. The maximum Gasteiger partial charge on any atom is 0.337 e. The van der Waals surface area contributed by atoms with Crippen LogP contribution in [0.3, 0.4) is 0 Å². The van der Waals surface area contributed by atoms with Gasteiger partial charge in [0.15, 0.2) is 11.9 Å². The highest BCUT2D eigenvalue weighted by atomic mass is 35.5. The van der Waals surface area contributed by atoms with Crippen LogP contribution in [0, 0.1) is 0 Å². The van der Waals surface area contributed by atoms with Crippen molar-refractivity contribution in [1.29, 1.82) is 0 Å². The van der Waals surface area contributed by atoms with Gasteiger partial charge in [-0.25, -0.2) is 4.79 Å². The van der Waals surface area contributed by atoms with Crippen molar-refractivity contribution in [3.63, 3.8) is 0 Å². The number of hydrogen-bond acceptors (Lipinski definition) is 4. The number of carbonyl (C=O) groups excluding carboxylic acids is 1. The summed E-state index contributed by atoms with van der Waals surface area (Å²) in [5.41, 5.74) is 0.816. The van der Waals surface area contributed by atoms with E-state index >= 15 is 0 Å². The van der Waals surface area contributed by atoms with Crippen LogP contribution >= 0.6 is 11.6 Å². The van der Waals surface area contributed by atoms with Gasteiger partial charge in [-0.2, -0.15) is 0 Å². The molecule has 1 rings (SSSR count). The summed E-state index contributed by atoms with van der Waals surface area (Å²) in [5.74, 6) is -1.81. The first-order chi connectivity index (χ1) is 8.51. The number of carboxylic acids is 1. The molecule has 1 aromatic rings. The molecule has 0 heterocycles. The fourth-order valence-corrected chi connectivity index (χ4v) is 1.76. The molecule has 5 nitrogen and oxygen atoms in total. The lowest BCUT2D eigenvalue weighted by Gasteiger charge is -2.14. The van der Waals surface area contributed by atoms with Gasteiger partial charge in [-0.05, 0) is 16.7 Å². The zero-order chi connectivity index (χ0) is 13.7. The molecule has 1 atom stereocenters. The highest BCUT2D eigenvalue weighted by Gasteiger charge is 2.21. The van der Waals surface area contributed by atoms with Gasteiger partial charge in [0, 0.05) is 6.42 Å². The maximum absolute atomic E-state index is 11.3. The van der Waals surface area contributed by atoms with Crippen LogP contribution < -0.4 is 0 Å². The molecular weight excluding hydrogens is 260 g/mol. The van der Waals surface area contributed by atoms with Gasteiger partial charge < -0.3 is 15.3 Å². The van der Waals surface area contributed by atoms with Crippen molar-refractivity contribution in [2.75, 3.05) is 5.88 Å². The Kier molecular flexibility index (Phi) is 5.27. The van der Waals surface area contributed by atoms with Crippen molar-refractivity contribution in [2.24, 2.45) is 0 Å². The fraction of sp³-hybridized carbons (Fsp3) is 0.333. The second kappa shape index (κ2) is 6.49. The summed E-state index contributed by atoms with van der Waals surface area (Å²) in [6.07, 6.45) is -1.72. The number of rotatable bonds is 6. The predicted octanol–water partition coefficient (Wildman–Crippen LogP) is 0.647. The molecule has 0 bridgehead atoms. The summed E-state index contributed by atoms with van der Waals surface area (Å²) < 4.78 is 0. The molecule has 1 unspecified atom stereocenters. The lowest BCUT2D eigenvalue weighted by atomic mass is 9.95. The van der Waals surface area contributed by atoms with Crippen LogP contribution in [0.2, 0.25) is 0 Å². The number of Topliss-reactive ketones (excluding diaryl/α,β-unsaturated/α-hetero) is 1. The zero-order valence-electron chi connectivity index (χ0n) is 9.47. The minimum Gasteiger partial charge on any atom is -0.479 e. The minimum atomic E-state index is -1.72. The van der Waals surface area contributed by atoms with Crippen LogP contribution in [-0.4, -0.2) is 33.0 Å². The highest BCUT2D eigenvalue weighted by Crippen LogP contribution is 2.22. The number of carboxylic acid groups (broad SMARTS) is 1. The van der Waals surface area contributed by atoms with E-state index in [-0.39, 0.29) is 29.2 Å². The topological polar surface area (TPSA) is 94.8 Å². The first-order valence-electron chi connectivity index (χ1n) is 5.21. The van der Waals surface area contributed by atoms with E-state index in [0.717, 1.165) is 0 Å². The van der Waals surface area contributed by atoms with Crippen molar-refractivity contribution < 1.29 is 24.9 Å². The van der Waals surface area contributed by atoms with Crippen molar-refractivity contribution in [3.05, 3.63) is 34.9 Å². The summed E-state index contributed by atoms with van der Waals surface area (Å²) in [4.78, 5) is 22.0. The average Bonchev–Trinajstić information content (AvgIpc) is 2.37. The lowest BCUT2D eigenvalue weighted by molar-refractivity contribution is -0.147. The van der Waals surface area contributed by atoms with Crippen molar-refractivity contribution in [3.8, 4) is 0 Å². The standard InChI is InChI=1S/C12H13ClO5/c13-5-8(15)4-7-2-1-3-9(10(7)6-14)11(16)12(17)18/h1-3,11,14,16H,4-6H2,(H,17,18). The molecule has 0 amide bonds. The van der Waals surface area contributed by atoms with Crippen LogP contribution in [0.15, 0.2) is 18.2 Å². The molecular formula is C12H13ClO5. The number of aliphatic hydroxyl groups excluding tert-OH is 2. The van der Waals surface area contributed by atoms with Crippen LogP contribution in [-0.2, 0) is 22.6 Å². The lowest BCUT2D eigenvalue weighted by Crippen LogP contribution is -2.15. The Morgan fingerprint density at radius 1 is 1.33 bits per heavy atom. The van der Waals surface area contributed by atoms with E-state index in [0.29, 0.717) is 5.56 Å². The summed E-state index contributed by atoms with van der Waals surface area (Å²) >= 11 is 5.39. The quantitative estimate of drug-likeness (QED) is 0.661. The van der Waals surface area contributed by atoms with Gasteiger partial charge in [-0.3, -0.25) is 4.79 Å². The first-order valence-corrected chi connectivity index (χ1v) is 5.74. The predicted molar refractivity (Wildman–Crippen MR) is 64.4 cm³/mol. The number of aliphatic carboxylic acids is 1. The van der Waals surface area contributed by atoms with Crippen molar-refractivity contribution in [1.82, 2.24) is 0 Å². The van der Waals surface area contributed by atoms with Crippen LogP contribution in [0.25, 0.3) is 0 Å². The molecule has 0 aliphatic carbocycles. The third kappa shape index (κ3) is 3.29. The largest absolute Gasteiger partial charge is 0.479 e. The molecule has 0 saturated carbocycles. The van der Waals surface area contributed by atoms with E-state index in [9.17, 15) is 19.8 Å². The summed E-state index contributed by atoms with van der Waals surface area (Å²) in [5, 5.41) is 27.5. The molecule has 18 heavy (non-hydrogen) atoms. The second-order valence-electron chi connectivity index (χ2n) is 3.73. The van der Waals surface area contributed by atoms with E-state index in [4.69, 9.17) is 16.7 Å². The molecule has 0 fully saturated rings. The Bertz CT molecular complexity index is 458. The number of halogens is 1. The highest BCUT2D eigenvalue weighted by molar-refractivity contribution is 6.27. The van der Waals surface area contributed by atoms with Gasteiger partial charge in [0.2, 0.25) is 0 Å². The normalized spacial score (nSPS) is 12.2. The molecule has 0 aliphatic heterocycles. The Hall–Kier alpha value is -1.43. The molecule has 6 heteroatoms. The van der Waals surface area contributed by atoms with Gasteiger partial charge in [0.05, 0.1) is 12.5 Å². The van der Waals surface area contributed by atoms with Crippen molar-refractivity contribution in [2.45, 2.75) is 19.1 Å². The SMILES string of the molecule is O=C(CCl)Cc1cccc(C(O)C(=O)O)c1CO. The Balaban J connectivity index is 3.17. The van der Waals surface area contributed by atoms with E-state index in [1.165, 1.54) is 12.1 Å². The van der Waals surface area contributed by atoms with E-state index in [1.54, 1.807) is 6.07 Å². The van der Waals surface area contributed by atoms with Gasteiger partial charge in [-0.1, -0.05) is 18.2 Å². The molecule has 0 aromatic heterocycles. The van der Waals surface area contributed by atoms with E-state index in [2.05, 4.69) is 0 Å². The maximum atomic E-state index is 11.3. The molecule has 3 N–H and O–H groups in total. The molecule has 98 valence electrons. The summed E-state index contributed by atoms with van der Waals surface area (Å²) in [7, 11) is 0. The Morgan fingerprint density at radius 3 is 2.50 bits per heavy atom. The zero-order valence-corrected chi connectivity index (χ0v) is 10.2. The Morgan fingerprint density at radius 2 is 2.00 bits per heavy atom. The smallest absolute Gasteiger partial charge is 0.337 e. The number of carbonyl (C=O) groups is 2. The molecule has 1 aromatic carbocycles. The molecule has 0 spiro atoms. The van der Waals surface area contributed by atoms with E-state index in [1.807, 2.05) is 0 Å². The first kappa shape index (κ1) is 14.6. The van der Waals surface area contributed by atoms with E-state index < -0.39 is 18.7 Å². The number of aliphatic hydroxyl groups is 2. The fourth-order valence-electron chi connectivity index (χ4n) is 1.66. The van der Waals surface area contributed by atoms with Crippen LogP contribution in [0.1, 0.15) is 22.8 Å². The number of hydrogen-bond donors (Lipinski definition) is 3. The van der Waals surface area contributed by atoms with Crippen molar-refractivity contribution >= 4 is 23.4 Å². The van der Waals surface area contributed by atoms with Gasteiger partial charge >= 0.3 is 5.97 Å². The number of alkyl halides is 1. The minimum absolute atomic E-state index is 0.000424. The summed E-state index contributed by atoms with van der Waals surface area (Å²) in [6.45, 7) is -0.453. The molecule has 0 saturated heterocycles. The average molecular weight is 273 g/mol. The van der Waals surface area contributed by atoms with Crippen LogP contribution in [0.4, 0.5) is 0 Å². The van der Waals surface area contributed by atoms with Gasteiger partial charge in [0.1, 0.15) is 0 Å². The van der Waals surface area contributed by atoms with Crippen LogP contribution in [0.5, 0.6) is 0 Å². The van der Waals surface area contributed by atoms with Gasteiger partial charge in [0.25, 0.3) is 0 Å². The second-order valence-corrected chi connectivity index (χ2v) is 4.00.